The number of benzene rings is 1. The molecule has 0 radical (unpaired) electrons. The fourth-order valence-corrected chi connectivity index (χ4v) is 5.95. The van der Waals surface area contributed by atoms with Crippen LogP contribution in [0.4, 0.5) is 0 Å². The molecule has 1 aliphatic rings. The fourth-order valence-electron chi connectivity index (χ4n) is 3.51. The van der Waals surface area contributed by atoms with E-state index in [1.165, 1.54) is 4.88 Å². The lowest BCUT2D eigenvalue weighted by molar-refractivity contribution is 0.0988. The Morgan fingerprint density at radius 2 is 1.83 bits per heavy atom. The van der Waals surface area contributed by atoms with Crippen molar-refractivity contribution in [1.29, 1.82) is 0 Å². The van der Waals surface area contributed by atoms with Gasteiger partial charge < -0.3 is 10.2 Å². The average molecular weight is 436 g/mol. The SMILES string of the molecule is CN(C)C(CNCC(=O)c1ccc(S(=O)(=O)N2CCCCC2)cc1)c1cccs1. The minimum Gasteiger partial charge on any atom is -0.308 e. The second kappa shape index (κ2) is 9.95. The Morgan fingerprint density at radius 1 is 1.14 bits per heavy atom. The largest absolute Gasteiger partial charge is 0.308 e. The van der Waals surface area contributed by atoms with E-state index in [1.54, 1.807) is 39.9 Å². The van der Waals surface area contributed by atoms with Gasteiger partial charge >= 0.3 is 0 Å². The number of piperidine rings is 1. The predicted molar refractivity (Wildman–Crippen MR) is 117 cm³/mol. The Labute approximate surface area is 177 Å². The molecule has 0 saturated carbocycles. The van der Waals surface area contributed by atoms with Crippen LogP contribution in [0.1, 0.15) is 40.5 Å². The van der Waals surface area contributed by atoms with Gasteiger partial charge in [-0.3, -0.25) is 4.79 Å². The van der Waals surface area contributed by atoms with Gasteiger partial charge in [0.05, 0.1) is 17.5 Å². The van der Waals surface area contributed by atoms with E-state index in [0.29, 0.717) is 25.2 Å². The minimum absolute atomic E-state index is 0.0457. The molecule has 1 saturated heterocycles. The first-order chi connectivity index (χ1) is 13.9. The van der Waals surface area contributed by atoms with Crippen LogP contribution in [0.2, 0.25) is 0 Å². The summed E-state index contributed by atoms with van der Waals surface area (Å²) in [7, 11) is 0.581. The Balaban J connectivity index is 1.57. The molecule has 1 aliphatic heterocycles. The smallest absolute Gasteiger partial charge is 0.243 e. The van der Waals surface area contributed by atoms with E-state index in [1.807, 2.05) is 20.2 Å². The molecule has 2 heterocycles. The summed E-state index contributed by atoms with van der Waals surface area (Å²) in [6, 6.07) is 10.7. The molecule has 158 valence electrons. The van der Waals surface area contributed by atoms with Crippen LogP contribution in [0.5, 0.6) is 0 Å². The Morgan fingerprint density at radius 3 is 2.41 bits per heavy atom. The summed E-state index contributed by atoms with van der Waals surface area (Å²) >= 11 is 1.70. The molecule has 1 aromatic carbocycles. The van der Waals surface area contributed by atoms with Crippen molar-refractivity contribution in [2.45, 2.75) is 30.2 Å². The molecule has 1 atom stereocenters. The number of nitrogens with zero attached hydrogens (tertiary/aromatic N) is 2. The normalized spacial score (nSPS) is 16.8. The number of Topliss-reactive ketones (excluding diaryl/α,β-unsaturated/α-hetero) is 1. The molecule has 1 fully saturated rings. The number of likely N-dealkylation sites (N-methyl/N-ethyl adjacent to an activating group) is 1. The van der Waals surface area contributed by atoms with Gasteiger partial charge in [0, 0.05) is 30.1 Å². The lowest BCUT2D eigenvalue weighted by atomic mass is 10.1. The molecule has 0 aliphatic carbocycles. The third-order valence-electron chi connectivity index (χ3n) is 5.25. The van der Waals surface area contributed by atoms with Crippen molar-refractivity contribution in [3.8, 4) is 0 Å². The van der Waals surface area contributed by atoms with E-state index in [2.05, 4.69) is 21.7 Å². The van der Waals surface area contributed by atoms with Gasteiger partial charge in [0.2, 0.25) is 10.0 Å². The van der Waals surface area contributed by atoms with Crippen molar-refractivity contribution in [3.63, 3.8) is 0 Å². The van der Waals surface area contributed by atoms with Gasteiger partial charge in [-0.25, -0.2) is 8.42 Å². The van der Waals surface area contributed by atoms with Gasteiger partial charge in [-0.1, -0.05) is 24.6 Å². The fraction of sp³-hybridized carbons (Fsp3) is 0.476. The molecular formula is C21H29N3O3S2. The topological polar surface area (TPSA) is 69.7 Å². The first-order valence-electron chi connectivity index (χ1n) is 9.93. The monoisotopic (exact) mass is 435 g/mol. The lowest BCUT2D eigenvalue weighted by Gasteiger charge is -2.25. The number of ketones is 1. The van der Waals surface area contributed by atoms with E-state index in [-0.39, 0.29) is 23.3 Å². The predicted octanol–water partition coefficient (Wildman–Crippen LogP) is 3.00. The summed E-state index contributed by atoms with van der Waals surface area (Å²) < 4.78 is 27.0. The molecule has 6 nitrogen and oxygen atoms in total. The van der Waals surface area contributed by atoms with Crippen LogP contribution in [-0.2, 0) is 10.0 Å². The van der Waals surface area contributed by atoms with Gasteiger partial charge in [-0.05, 0) is 50.5 Å². The van der Waals surface area contributed by atoms with Gasteiger partial charge in [-0.15, -0.1) is 11.3 Å². The molecule has 1 unspecified atom stereocenters. The van der Waals surface area contributed by atoms with Crippen LogP contribution in [0.25, 0.3) is 0 Å². The zero-order valence-corrected chi connectivity index (χ0v) is 18.6. The van der Waals surface area contributed by atoms with Gasteiger partial charge in [0.15, 0.2) is 5.78 Å². The van der Waals surface area contributed by atoms with Crippen molar-refractivity contribution in [1.82, 2.24) is 14.5 Å². The number of hydrogen-bond donors (Lipinski definition) is 1. The maximum atomic E-state index is 12.7. The van der Waals surface area contributed by atoms with Gasteiger partial charge in [0.1, 0.15) is 0 Å². The maximum absolute atomic E-state index is 12.7. The molecule has 1 N–H and O–H groups in total. The van der Waals surface area contributed by atoms with Crippen LogP contribution < -0.4 is 5.32 Å². The number of rotatable bonds is 9. The van der Waals surface area contributed by atoms with Crippen molar-refractivity contribution < 1.29 is 13.2 Å². The average Bonchev–Trinajstić information content (AvgIpc) is 3.26. The van der Waals surface area contributed by atoms with Crippen LogP contribution in [-0.4, -0.2) is 63.7 Å². The number of hydrogen-bond acceptors (Lipinski definition) is 6. The lowest BCUT2D eigenvalue weighted by Crippen LogP contribution is -2.35. The zero-order valence-electron chi connectivity index (χ0n) is 17.0. The number of carbonyl (C=O) groups is 1. The minimum atomic E-state index is -3.47. The number of nitrogens with one attached hydrogen (secondary N) is 1. The first kappa shape index (κ1) is 22.1. The van der Waals surface area contributed by atoms with Crippen LogP contribution >= 0.6 is 11.3 Å². The van der Waals surface area contributed by atoms with Crippen molar-refractivity contribution in [2.75, 3.05) is 40.3 Å². The number of thiophene rings is 1. The Hall–Kier alpha value is -1.58. The molecule has 2 aromatic rings. The van der Waals surface area contributed by atoms with E-state index in [4.69, 9.17) is 0 Å². The van der Waals surface area contributed by atoms with Crippen molar-refractivity contribution >= 4 is 27.1 Å². The molecule has 0 bridgehead atoms. The second-order valence-corrected chi connectivity index (χ2v) is 10.5. The van der Waals surface area contributed by atoms with Gasteiger partial charge in [0.25, 0.3) is 0 Å². The third-order valence-corrected chi connectivity index (χ3v) is 8.13. The zero-order chi connectivity index (χ0) is 20.9. The van der Waals surface area contributed by atoms with E-state index < -0.39 is 10.0 Å². The highest BCUT2D eigenvalue weighted by Crippen LogP contribution is 2.23. The number of carbonyl (C=O) groups excluding carboxylic acids is 1. The molecule has 0 amide bonds. The summed E-state index contributed by atoms with van der Waals surface area (Å²) in [6.07, 6.45) is 2.88. The Kier molecular flexibility index (Phi) is 7.59. The molecule has 0 spiro atoms. The molecular weight excluding hydrogens is 406 g/mol. The summed E-state index contributed by atoms with van der Waals surface area (Å²) in [5.41, 5.74) is 0.521. The summed E-state index contributed by atoms with van der Waals surface area (Å²) in [5.74, 6) is -0.0457. The van der Waals surface area contributed by atoms with Gasteiger partial charge in [-0.2, -0.15) is 4.31 Å². The van der Waals surface area contributed by atoms with Crippen molar-refractivity contribution in [3.05, 3.63) is 52.2 Å². The molecule has 3 rings (SSSR count). The number of sulfonamides is 1. The second-order valence-electron chi connectivity index (χ2n) is 7.54. The highest BCUT2D eigenvalue weighted by molar-refractivity contribution is 7.89. The first-order valence-corrected chi connectivity index (χ1v) is 12.3. The quantitative estimate of drug-likeness (QED) is 0.613. The van der Waals surface area contributed by atoms with E-state index in [0.717, 1.165) is 19.3 Å². The maximum Gasteiger partial charge on any atom is 0.243 e. The molecule has 1 aromatic heterocycles. The Bertz CT molecular complexity index is 888. The van der Waals surface area contributed by atoms with Crippen LogP contribution in [0.3, 0.4) is 0 Å². The third kappa shape index (κ3) is 5.52. The summed E-state index contributed by atoms with van der Waals surface area (Å²) in [6.45, 7) is 2.03. The summed E-state index contributed by atoms with van der Waals surface area (Å²) in [5, 5.41) is 5.29. The van der Waals surface area contributed by atoms with Crippen LogP contribution in [0, 0.1) is 0 Å². The van der Waals surface area contributed by atoms with E-state index >= 15 is 0 Å². The van der Waals surface area contributed by atoms with Crippen molar-refractivity contribution in [2.24, 2.45) is 0 Å². The van der Waals surface area contributed by atoms with Crippen LogP contribution in [0.15, 0.2) is 46.7 Å². The molecule has 8 heteroatoms. The molecule has 29 heavy (non-hydrogen) atoms. The standard InChI is InChI=1S/C21H29N3O3S2/c1-23(2)19(21-7-6-14-28-21)15-22-16-20(25)17-8-10-18(11-9-17)29(26,27)24-12-4-3-5-13-24/h6-11,14,19,22H,3-5,12-13,15-16H2,1-2H3. The highest BCUT2D eigenvalue weighted by Gasteiger charge is 2.26. The van der Waals surface area contributed by atoms with E-state index in [9.17, 15) is 13.2 Å². The summed E-state index contributed by atoms with van der Waals surface area (Å²) in [4.78, 5) is 16.2. The highest BCUT2D eigenvalue weighted by atomic mass is 32.2.